The third-order valence-electron chi connectivity index (χ3n) is 4.17. The van der Waals surface area contributed by atoms with Crippen molar-refractivity contribution >= 4 is 11.9 Å². The molecular weight excluding hydrogens is 346 g/mol. The molecule has 0 aliphatic heterocycles. The summed E-state index contributed by atoms with van der Waals surface area (Å²) in [5.74, 6) is -1.04. The van der Waals surface area contributed by atoms with E-state index in [4.69, 9.17) is 4.74 Å². The zero-order valence-corrected chi connectivity index (χ0v) is 16.2. The Bertz CT molecular complexity index is 889. The Morgan fingerprint density at radius 2 is 1.93 bits per heavy atom. The molecule has 2 aromatic rings. The average molecular weight is 371 g/mol. The largest absolute Gasteiger partial charge is 0.451 e. The van der Waals surface area contributed by atoms with Gasteiger partial charge in [-0.2, -0.15) is 5.10 Å². The van der Waals surface area contributed by atoms with Crippen LogP contribution in [0.1, 0.15) is 40.5 Å². The number of aromatic nitrogens is 2. The number of rotatable bonds is 7. The molecule has 0 spiro atoms. The fraction of sp³-hybridized carbons (Fsp3) is 0.400. The van der Waals surface area contributed by atoms with Crippen LogP contribution in [0.15, 0.2) is 35.1 Å². The Morgan fingerprint density at radius 3 is 2.59 bits per heavy atom. The molecule has 7 nitrogen and oxygen atoms in total. The highest BCUT2D eigenvalue weighted by atomic mass is 16.5. The number of hydrogen-bond donors (Lipinski definition) is 0. The van der Waals surface area contributed by atoms with Gasteiger partial charge in [-0.05, 0) is 37.5 Å². The number of nitrogens with zero attached hydrogens (tertiary/aromatic N) is 3. The van der Waals surface area contributed by atoms with Crippen molar-refractivity contribution in [1.29, 1.82) is 0 Å². The van der Waals surface area contributed by atoms with Crippen molar-refractivity contribution < 1.29 is 14.3 Å². The summed E-state index contributed by atoms with van der Waals surface area (Å²) in [6, 6.07) is 8.62. The molecule has 0 N–H and O–H groups in total. The minimum Gasteiger partial charge on any atom is -0.451 e. The Balaban J connectivity index is 1.95. The van der Waals surface area contributed by atoms with Crippen molar-refractivity contribution in [3.63, 3.8) is 0 Å². The van der Waals surface area contributed by atoms with Gasteiger partial charge in [0, 0.05) is 26.2 Å². The minimum absolute atomic E-state index is 0.00730. The number of amides is 1. The number of esters is 1. The standard InChI is InChI=1S/C20H25N3O4/c1-5-10-23-18(24)9-8-17(21-23)20(26)27-13-19(25)22(4)12-16-7-6-14(2)11-15(16)3/h6-9,11H,5,10,12-13H2,1-4H3. The summed E-state index contributed by atoms with van der Waals surface area (Å²) in [7, 11) is 1.66. The molecule has 0 radical (unpaired) electrons. The molecule has 7 heteroatoms. The Morgan fingerprint density at radius 1 is 1.19 bits per heavy atom. The topological polar surface area (TPSA) is 81.5 Å². The van der Waals surface area contributed by atoms with Gasteiger partial charge in [-0.25, -0.2) is 9.48 Å². The number of carbonyl (C=O) groups excluding carboxylic acids is 2. The monoisotopic (exact) mass is 371 g/mol. The normalized spacial score (nSPS) is 10.5. The van der Waals surface area contributed by atoms with E-state index in [1.54, 1.807) is 7.05 Å². The first kappa shape index (κ1) is 20.4. The number of hydrogen-bond acceptors (Lipinski definition) is 5. The second-order valence-corrected chi connectivity index (χ2v) is 6.54. The van der Waals surface area contributed by atoms with E-state index in [2.05, 4.69) is 11.2 Å². The van der Waals surface area contributed by atoms with E-state index in [-0.39, 0.29) is 23.8 Å². The van der Waals surface area contributed by atoms with Crippen LogP contribution in [0.3, 0.4) is 0 Å². The fourth-order valence-electron chi connectivity index (χ4n) is 2.61. The van der Waals surface area contributed by atoms with Crippen LogP contribution >= 0.6 is 0 Å². The number of ether oxygens (including phenoxy) is 1. The lowest BCUT2D eigenvalue weighted by atomic mass is 10.1. The van der Waals surface area contributed by atoms with E-state index in [0.29, 0.717) is 19.5 Å². The Kier molecular flexibility index (Phi) is 6.87. The molecule has 0 bridgehead atoms. The second kappa shape index (κ2) is 9.12. The van der Waals surface area contributed by atoms with Crippen molar-refractivity contribution in [1.82, 2.24) is 14.7 Å². The molecule has 1 aromatic carbocycles. The number of carbonyl (C=O) groups is 2. The number of benzene rings is 1. The molecule has 0 unspecified atom stereocenters. The maximum Gasteiger partial charge on any atom is 0.359 e. The highest BCUT2D eigenvalue weighted by molar-refractivity contribution is 5.89. The van der Waals surface area contributed by atoms with E-state index in [0.717, 1.165) is 16.7 Å². The summed E-state index contributed by atoms with van der Waals surface area (Å²) in [5.41, 5.74) is 3.03. The van der Waals surface area contributed by atoms with Gasteiger partial charge in [0.1, 0.15) is 0 Å². The highest BCUT2D eigenvalue weighted by Crippen LogP contribution is 2.12. The first-order chi connectivity index (χ1) is 12.8. The van der Waals surface area contributed by atoms with Gasteiger partial charge in [0.05, 0.1) is 0 Å². The lowest BCUT2D eigenvalue weighted by Gasteiger charge is -2.18. The second-order valence-electron chi connectivity index (χ2n) is 6.54. The van der Waals surface area contributed by atoms with Crippen LogP contribution in [0, 0.1) is 13.8 Å². The molecule has 144 valence electrons. The molecule has 0 fully saturated rings. The Hall–Kier alpha value is -2.96. The predicted octanol–water partition coefficient (Wildman–Crippen LogP) is 2.09. The summed E-state index contributed by atoms with van der Waals surface area (Å²) in [5, 5.41) is 3.98. The molecule has 2 rings (SSSR count). The van der Waals surface area contributed by atoms with Crippen molar-refractivity contribution in [2.24, 2.45) is 0 Å². The van der Waals surface area contributed by atoms with Crippen molar-refractivity contribution in [2.45, 2.75) is 40.3 Å². The van der Waals surface area contributed by atoms with Gasteiger partial charge >= 0.3 is 5.97 Å². The van der Waals surface area contributed by atoms with Crippen LogP contribution in [-0.4, -0.2) is 40.2 Å². The van der Waals surface area contributed by atoms with E-state index in [1.807, 2.05) is 32.9 Å². The van der Waals surface area contributed by atoms with Gasteiger partial charge in [0.15, 0.2) is 12.3 Å². The van der Waals surface area contributed by atoms with Gasteiger partial charge in [0.2, 0.25) is 0 Å². The van der Waals surface area contributed by atoms with Crippen LogP contribution in [-0.2, 0) is 22.6 Å². The van der Waals surface area contributed by atoms with Crippen LogP contribution in [0.25, 0.3) is 0 Å². The summed E-state index contributed by atoms with van der Waals surface area (Å²) in [6.07, 6.45) is 0.715. The molecule has 0 aliphatic rings. The van der Waals surface area contributed by atoms with Gasteiger partial charge in [-0.3, -0.25) is 9.59 Å². The fourth-order valence-corrected chi connectivity index (χ4v) is 2.61. The van der Waals surface area contributed by atoms with E-state index >= 15 is 0 Å². The van der Waals surface area contributed by atoms with Crippen LogP contribution < -0.4 is 5.56 Å². The zero-order chi connectivity index (χ0) is 20.0. The first-order valence-corrected chi connectivity index (χ1v) is 8.87. The SMILES string of the molecule is CCCn1nc(C(=O)OCC(=O)N(C)Cc2ccc(C)cc2C)ccc1=O. The van der Waals surface area contributed by atoms with Crippen LogP contribution in [0.2, 0.25) is 0 Å². The summed E-state index contributed by atoms with van der Waals surface area (Å²) >= 11 is 0. The van der Waals surface area contributed by atoms with E-state index in [1.165, 1.54) is 21.7 Å². The quantitative estimate of drug-likeness (QED) is 0.696. The molecule has 0 saturated carbocycles. The van der Waals surface area contributed by atoms with Crippen molar-refractivity contribution in [3.05, 3.63) is 63.1 Å². The highest BCUT2D eigenvalue weighted by Gasteiger charge is 2.16. The van der Waals surface area contributed by atoms with Crippen LogP contribution in [0.5, 0.6) is 0 Å². The van der Waals surface area contributed by atoms with Crippen LogP contribution in [0.4, 0.5) is 0 Å². The van der Waals surface area contributed by atoms with Gasteiger partial charge in [-0.15, -0.1) is 0 Å². The number of aryl methyl sites for hydroxylation is 3. The van der Waals surface area contributed by atoms with E-state index in [9.17, 15) is 14.4 Å². The molecule has 1 heterocycles. The summed E-state index contributed by atoms with van der Waals surface area (Å²) in [4.78, 5) is 37.5. The summed E-state index contributed by atoms with van der Waals surface area (Å²) < 4.78 is 6.28. The maximum absolute atomic E-state index is 12.3. The number of likely N-dealkylation sites (N-methyl/N-ethyl adjacent to an activating group) is 1. The zero-order valence-electron chi connectivity index (χ0n) is 16.2. The van der Waals surface area contributed by atoms with E-state index < -0.39 is 5.97 Å². The molecule has 0 aliphatic carbocycles. The summed E-state index contributed by atoms with van der Waals surface area (Å²) in [6.45, 7) is 6.39. The predicted molar refractivity (Wildman–Crippen MR) is 101 cm³/mol. The molecule has 1 amide bonds. The third kappa shape index (κ3) is 5.51. The third-order valence-corrected chi connectivity index (χ3v) is 4.17. The molecular formula is C20H25N3O4. The molecule has 27 heavy (non-hydrogen) atoms. The van der Waals surface area contributed by atoms with Crippen molar-refractivity contribution in [2.75, 3.05) is 13.7 Å². The Labute approximate surface area is 158 Å². The molecule has 0 saturated heterocycles. The molecule has 1 aromatic heterocycles. The first-order valence-electron chi connectivity index (χ1n) is 8.87. The van der Waals surface area contributed by atoms with Gasteiger partial charge in [-0.1, -0.05) is 30.7 Å². The van der Waals surface area contributed by atoms with Gasteiger partial charge in [0.25, 0.3) is 11.5 Å². The average Bonchev–Trinajstić information content (AvgIpc) is 2.63. The van der Waals surface area contributed by atoms with Gasteiger partial charge < -0.3 is 9.64 Å². The molecule has 0 atom stereocenters. The lowest BCUT2D eigenvalue weighted by Crippen LogP contribution is -2.31. The van der Waals surface area contributed by atoms with Crippen molar-refractivity contribution in [3.8, 4) is 0 Å². The smallest absolute Gasteiger partial charge is 0.359 e. The maximum atomic E-state index is 12.3. The lowest BCUT2D eigenvalue weighted by molar-refractivity contribution is -0.133. The minimum atomic E-state index is -0.729.